The number of hydrogen-bond acceptors (Lipinski definition) is 8. The van der Waals surface area contributed by atoms with Crippen LogP contribution in [0.5, 0.6) is 0 Å². The summed E-state index contributed by atoms with van der Waals surface area (Å²) in [6.45, 7) is 2.84. The Balaban J connectivity index is 1.18. The number of anilines is 1. The monoisotopic (exact) mass is 522 g/mol. The van der Waals surface area contributed by atoms with Crippen LogP contribution in [0.25, 0.3) is 33.4 Å². The molecule has 8 heteroatoms. The van der Waals surface area contributed by atoms with Crippen LogP contribution in [0.15, 0.2) is 85.1 Å². The highest BCUT2D eigenvalue weighted by atomic mass is 15.1. The van der Waals surface area contributed by atoms with Crippen LogP contribution in [0.4, 0.5) is 5.82 Å². The van der Waals surface area contributed by atoms with Crippen LogP contribution in [0, 0.1) is 22.7 Å². The lowest BCUT2D eigenvalue weighted by atomic mass is 9.97. The lowest BCUT2D eigenvalue weighted by Crippen LogP contribution is -2.38. The number of nitrogens with one attached hydrogen (secondary N) is 1. The van der Waals surface area contributed by atoms with Crippen LogP contribution < -0.4 is 5.32 Å². The van der Waals surface area contributed by atoms with E-state index in [1.54, 1.807) is 18.3 Å². The van der Waals surface area contributed by atoms with Gasteiger partial charge in [0.2, 0.25) is 5.82 Å². The number of nitriles is 2. The molecule has 0 spiro atoms. The molecule has 2 aromatic carbocycles. The summed E-state index contributed by atoms with van der Waals surface area (Å²) in [7, 11) is 0. The van der Waals surface area contributed by atoms with E-state index in [1.807, 2.05) is 30.3 Å². The number of piperidine rings is 1. The Labute approximate surface area is 232 Å². The molecule has 1 aliphatic heterocycles. The molecule has 0 radical (unpaired) electrons. The maximum absolute atomic E-state index is 9.32. The summed E-state index contributed by atoms with van der Waals surface area (Å²) < 4.78 is 0. The summed E-state index contributed by atoms with van der Waals surface area (Å²) in [5, 5.41) is 22.7. The molecule has 6 rings (SSSR count). The largest absolute Gasteiger partial charge is 0.367 e. The van der Waals surface area contributed by atoms with Gasteiger partial charge in [0.15, 0.2) is 5.65 Å². The summed E-state index contributed by atoms with van der Waals surface area (Å²) in [5.41, 5.74) is 6.16. The van der Waals surface area contributed by atoms with Gasteiger partial charge >= 0.3 is 0 Å². The second-order valence-electron chi connectivity index (χ2n) is 9.87. The number of rotatable bonds is 6. The van der Waals surface area contributed by atoms with Crippen molar-refractivity contribution in [3.8, 4) is 34.5 Å². The van der Waals surface area contributed by atoms with E-state index >= 15 is 0 Å². The molecule has 0 amide bonds. The van der Waals surface area contributed by atoms with Crippen molar-refractivity contribution in [1.29, 1.82) is 10.5 Å². The van der Waals surface area contributed by atoms with Crippen LogP contribution in [0.1, 0.15) is 29.9 Å². The van der Waals surface area contributed by atoms with E-state index in [0.717, 1.165) is 60.2 Å². The average molecular weight is 523 g/mol. The lowest BCUT2D eigenvalue weighted by molar-refractivity contribution is 0.211. The van der Waals surface area contributed by atoms with Gasteiger partial charge in [-0.15, -0.1) is 0 Å². The molecule has 0 aliphatic carbocycles. The van der Waals surface area contributed by atoms with Gasteiger partial charge in [-0.1, -0.05) is 54.6 Å². The zero-order valence-electron chi connectivity index (χ0n) is 21.8. The van der Waals surface area contributed by atoms with Crippen molar-refractivity contribution in [2.24, 2.45) is 0 Å². The third kappa shape index (κ3) is 5.49. The van der Waals surface area contributed by atoms with Crippen LogP contribution in [-0.4, -0.2) is 44.0 Å². The Morgan fingerprint density at radius 1 is 0.825 bits per heavy atom. The van der Waals surface area contributed by atoms with E-state index in [0.29, 0.717) is 23.2 Å². The first-order chi connectivity index (χ1) is 19.7. The smallest absolute Gasteiger partial charge is 0.234 e. The van der Waals surface area contributed by atoms with Crippen molar-refractivity contribution >= 4 is 16.9 Å². The van der Waals surface area contributed by atoms with E-state index in [2.05, 4.69) is 73.7 Å². The summed E-state index contributed by atoms with van der Waals surface area (Å²) in [6, 6.07) is 30.8. The van der Waals surface area contributed by atoms with Crippen LogP contribution in [0.2, 0.25) is 0 Å². The van der Waals surface area contributed by atoms with Crippen LogP contribution in [-0.2, 0) is 6.54 Å². The van der Waals surface area contributed by atoms with Gasteiger partial charge in [-0.3, -0.25) is 4.90 Å². The molecule has 1 N–H and O–H groups in total. The standard InChI is InChI=1S/C32H26N8/c33-19-27-11-10-25-18-28(23-4-2-1-3-5-23)31(39-32(25)37-27)24-8-6-22(7-9-24)21-40-16-13-26(14-17-40)36-29-12-15-35-30(20-34)38-29/h1-12,15,18,26H,13-14,16-17,21H2,(H,35,36,38). The van der Waals surface area contributed by atoms with Gasteiger partial charge in [-0.2, -0.15) is 10.5 Å². The van der Waals surface area contributed by atoms with Crippen molar-refractivity contribution in [1.82, 2.24) is 24.8 Å². The molecular weight excluding hydrogens is 496 g/mol. The van der Waals surface area contributed by atoms with E-state index < -0.39 is 0 Å². The molecule has 5 aromatic rings. The minimum atomic E-state index is 0.184. The SMILES string of the molecule is N#Cc1ccc2cc(-c3ccccc3)c(-c3ccc(CN4CCC(Nc5ccnc(C#N)n5)CC4)cc3)nc2n1. The topological polar surface area (TPSA) is 114 Å². The van der Waals surface area contributed by atoms with Gasteiger partial charge in [0.25, 0.3) is 0 Å². The molecule has 0 bridgehead atoms. The third-order valence-corrected chi connectivity index (χ3v) is 7.21. The fraction of sp³-hybridized carbons (Fsp3) is 0.188. The molecule has 0 atom stereocenters. The van der Waals surface area contributed by atoms with Crippen LogP contribution in [0.3, 0.4) is 0 Å². The van der Waals surface area contributed by atoms with Crippen molar-refractivity contribution < 1.29 is 0 Å². The number of aromatic nitrogens is 4. The first-order valence-electron chi connectivity index (χ1n) is 13.3. The van der Waals surface area contributed by atoms with Gasteiger partial charge in [0.1, 0.15) is 23.7 Å². The van der Waals surface area contributed by atoms with E-state index in [9.17, 15) is 5.26 Å². The Bertz CT molecular complexity index is 1730. The Morgan fingerprint density at radius 2 is 1.62 bits per heavy atom. The fourth-order valence-corrected chi connectivity index (χ4v) is 5.14. The maximum Gasteiger partial charge on any atom is 0.234 e. The van der Waals surface area contributed by atoms with Crippen molar-refractivity contribution in [3.05, 3.63) is 102 Å². The van der Waals surface area contributed by atoms with E-state index in [1.165, 1.54) is 5.56 Å². The second-order valence-corrected chi connectivity index (χ2v) is 9.87. The number of nitrogens with zero attached hydrogens (tertiary/aromatic N) is 7. The highest BCUT2D eigenvalue weighted by Crippen LogP contribution is 2.33. The normalized spacial score (nSPS) is 13.9. The lowest BCUT2D eigenvalue weighted by Gasteiger charge is -2.32. The van der Waals surface area contributed by atoms with E-state index in [4.69, 9.17) is 10.2 Å². The summed E-state index contributed by atoms with van der Waals surface area (Å²) in [5.74, 6) is 0.889. The first-order valence-corrected chi connectivity index (χ1v) is 13.3. The predicted octanol–water partition coefficient (Wildman–Crippen LogP) is 5.57. The zero-order valence-corrected chi connectivity index (χ0v) is 21.8. The number of hydrogen-bond donors (Lipinski definition) is 1. The number of fused-ring (bicyclic) bond motifs is 1. The Kier molecular flexibility index (Phi) is 7.09. The molecule has 1 saturated heterocycles. The molecule has 3 aromatic heterocycles. The first kappa shape index (κ1) is 25.1. The fourth-order valence-electron chi connectivity index (χ4n) is 5.14. The number of pyridine rings is 2. The molecule has 8 nitrogen and oxygen atoms in total. The minimum Gasteiger partial charge on any atom is -0.367 e. The number of likely N-dealkylation sites (tertiary alicyclic amines) is 1. The maximum atomic E-state index is 9.32. The highest BCUT2D eigenvalue weighted by molar-refractivity contribution is 5.90. The van der Waals surface area contributed by atoms with Crippen molar-refractivity contribution in [3.63, 3.8) is 0 Å². The van der Waals surface area contributed by atoms with Gasteiger partial charge in [-0.25, -0.2) is 19.9 Å². The molecule has 4 heterocycles. The minimum absolute atomic E-state index is 0.184. The zero-order chi connectivity index (χ0) is 27.3. The van der Waals surface area contributed by atoms with Crippen LogP contribution >= 0.6 is 0 Å². The summed E-state index contributed by atoms with van der Waals surface area (Å²) >= 11 is 0. The van der Waals surface area contributed by atoms with Gasteiger partial charge in [-0.05, 0) is 48.2 Å². The number of benzene rings is 2. The quantitative estimate of drug-likeness (QED) is 0.308. The molecule has 1 aliphatic rings. The molecular formula is C32H26N8. The molecule has 40 heavy (non-hydrogen) atoms. The molecule has 1 fully saturated rings. The predicted molar refractivity (Wildman–Crippen MR) is 154 cm³/mol. The highest BCUT2D eigenvalue weighted by Gasteiger charge is 2.20. The Morgan fingerprint density at radius 3 is 2.38 bits per heavy atom. The average Bonchev–Trinajstić information content (AvgIpc) is 3.02. The Hall–Kier alpha value is -5.18. The molecule has 194 valence electrons. The molecule has 0 saturated carbocycles. The summed E-state index contributed by atoms with van der Waals surface area (Å²) in [6.07, 6.45) is 3.62. The van der Waals surface area contributed by atoms with Gasteiger partial charge in [0.05, 0.1) is 5.69 Å². The third-order valence-electron chi connectivity index (χ3n) is 7.21. The summed E-state index contributed by atoms with van der Waals surface area (Å²) in [4.78, 5) is 20.0. The molecule has 0 unspecified atom stereocenters. The van der Waals surface area contributed by atoms with Crippen molar-refractivity contribution in [2.45, 2.75) is 25.4 Å². The van der Waals surface area contributed by atoms with Gasteiger partial charge < -0.3 is 5.32 Å². The second kappa shape index (κ2) is 11.3. The van der Waals surface area contributed by atoms with Crippen molar-refractivity contribution in [2.75, 3.05) is 18.4 Å². The van der Waals surface area contributed by atoms with Gasteiger partial charge in [0, 0.05) is 48.4 Å². The van der Waals surface area contributed by atoms with E-state index in [-0.39, 0.29) is 5.82 Å².